The van der Waals surface area contributed by atoms with Gasteiger partial charge in [0, 0.05) is 12.0 Å². The summed E-state index contributed by atoms with van der Waals surface area (Å²) in [6.45, 7) is 0. The van der Waals surface area contributed by atoms with E-state index in [-0.39, 0.29) is 6.03 Å². The van der Waals surface area contributed by atoms with E-state index in [4.69, 9.17) is 16.7 Å². The van der Waals surface area contributed by atoms with Gasteiger partial charge in [-0.05, 0) is 37.1 Å². The molecule has 0 atom stereocenters. The summed E-state index contributed by atoms with van der Waals surface area (Å²) in [6.07, 6.45) is 3.53. The molecule has 1 fully saturated rings. The van der Waals surface area contributed by atoms with E-state index in [1.54, 1.807) is 16.8 Å². The van der Waals surface area contributed by atoms with Crippen molar-refractivity contribution in [1.29, 1.82) is 0 Å². The molecule has 5 nitrogen and oxygen atoms in total. The first-order valence-corrected chi connectivity index (χ1v) is 9.06. The Morgan fingerprint density at radius 3 is 2.46 bits per heavy atom. The van der Waals surface area contributed by atoms with E-state index >= 15 is 0 Å². The molecule has 2 amide bonds. The number of nitrogens with one attached hydrogen (secondary N) is 2. The summed E-state index contributed by atoms with van der Waals surface area (Å²) >= 11 is 6.11. The van der Waals surface area contributed by atoms with E-state index in [1.165, 1.54) is 6.42 Å². The van der Waals surface area contributed by atoms with Crippen molar-refractivity contribution < 1.29 is 4.79 Å². The van der Waals surface area contributed by atoms with Crippen molar-refractivity contribution in [1.82, 2.24) is 9.78 Å². The number of carbonyl (C=O) groups is 1. The molecule has 132 valence electrons. The van der Waals surface area contributed by atoms with Crippen LogP contribution in [0.4, 0.5) is 16.3 Å². The van der Waals surface area contributed by atoms with Crippen LogP contribution in [0.15, 0.2) is 60.7 Å². The average Bonchev–Trinajstić information content (AvgIpc) is 2.99. The normalized spacial score (nSPS) is 13.9. The minimum Gasteiger partial charge on any atom is -0.306 e. The molecule has 1 aromatic heterocycles. The van der Waals surface area contributed by atoms with E-state index in [1.807, 2.05) is 48.5 Å². The van der Waals surface area contributed by atoms with Gasteiger partial charge in [-0.15, -0.1) is 0 Å². The molecular weight excluding hydrogens is 348 g/mol. The van der Waals surface area contributed by atoms with Crippen LogP contribution in [0.3, 0.4) is 0 Å². The van der Waals surface area contributed by atoms with Crippen molar-refractivity contribution >= 4 is 29.1 Å². The van der Waals surface area contributed by atoms with E-state index in [0.29, 0.717) is 22.4 Å². The molecule has 2 N–H and O–H groups in total. The van der Waals surface area contributed by atoms with Crippen molar-refractivity contribution in [3.05, 3.63) is 71.4 Å². The number of urea groups is 1. The molecule has 0 aliphatic heterocycles. The molecule has 1 aliphatic rings. The number of benzene rings is 2. The second-order valence-corrected chi connectivity index (χ2v) is 6.80. The maximum absolute atomic E-state index is 12.5. The van der Waals surface area contributed by atoms with Crippen LogP contribution in [0.2, 0.25) is 5.02 Å². The fourth-order valence-corrected chi connectivity index (χ4v) is 3.17. The Morgan fingerprint density at radius 1 is 1.04 bits per heavy atom. The van der Waals surface area contributed by atoms with E-state index in [9.17, 15) is 4.79 Å². The van der Waals surface area contributed by atoms with Crippen molar-refractivity contribution in [3.63, 3.8) is 0 Å². The number of amides is 2. The number of anilines is 2. The molecular formula is C20H19ClN4O. The Morgan fingerprint density at radius 2 is 1.77 bits per heavy atom. The van der Waals surface area contributed by atoms with Gasteiger partial charge in [0.25, 0.3) is 0 Å². The molecule has 1 heterocycles. The Kier molecular flexibility index (Phi) is 4.63. The van der Waals surface area contributed by atoms with Gasteiger partial charge in [-0.25, -0.2) is 9.48 Å². The Hall–Kier alpha value is -2.79. The van der Waals surface area contributed by atoms with Crippen molar-refractivity contribution in [3.8, 4) is 5.69 Å². The monoisotopic (exact) mass is 366 g/mol. The summed E-state index contributed by atoms with van der Waals surface area (Å²) in [7, 11) is 0. The number of halogens is 1. The van der Waals surface area contributed by atoms with Gasteiger partial charge in [-0.2, -0.15) is 5.10 Å². The van der Waals surface area contributed by atoms with Crippen LogP contribution in [-0.2, 0) is 0 Å². The predicted octanol–water partition coefficient (Wildman–Crippen LogP) is 5.44. The van der Waals surface area contributed by atoms with Gasteiger partial charge in [0.05, 0.1) is 22.1 Å². The standard InChI is InChI=1S/C20H19ClN4O/c21-16-11-4-5-12-17(16)22-20(26)23-19-13-18(14-7-6-8-14)24-25(19)15-9-2-1-3-10-15/h1-5,9-14H,6-8H2,(H2,22,23,26). The third-order valence-electron chi connectivity index (χ3n) is 4.62. The number of rotatable bonds is 4. The van der Waals surface area contributed by atoms with Crippen LogP contribution in [-0.4, -0.2) is 15.8 Å². The first-order chi connectivity index (χ1) is 12.7. The van der Waals surface area contributed by atoms with Gasteiger partial charge >= 0.3 is 6.03 Å². The Bertz CT molecular complexity index is 919. The molecule has 0 bridgehead atoms. The van der Waals surface area contributed by atoms with Gasteiger partial charge < -0.3 is 5.32 Å². The molecule has 0 spiro atoms. The van der Waals surface area contributed by atoms with Gasteiger partial charge in [0.15, 0.2) is 0 Å². The Balaban J connectivity index is 1.59. The summed E-state index contributed by atoms with van der Waals surface area (Å²) in [6, 6.07) is 18.5. The quantitative estimate of drug-likeness (QED) is 0.646. The Labute approximate surface area is 157 Å². The number of carbonyl (C=O) groups excluding carboxylic acids is 1. The van der Waals surface area contributed by atoms with Crippen LogP contribution in [0, 0.1) is 0 Å². The van der Waals surface area contributed by atoms with Gasteiger partial charge in [-0.1, -0.05) is 48.4 Å². The van der Waals surface area contributed by atoms with Crippen LogP contribution >= 0.6 is 11.6 Å². The number of hydrogen-bond acceptors (Lipinski definition) is 2. The van der Waals surface area contributed by atoms with Gasteiger partial charge in [-0.3, -0.25) is 5.32 Å². The van der Waals surface area contributed by atoms with Crippen LogP contribution in [0.1, 0.15) is 30.9 Å². The third kappa shape index (κ3) is 3.44. The lowest BCUT2D eigenvalue weighted by Crippen LogP contribution is -2.21. The summed E-state index contributed by atoms with van der Waals surface area (Å²) < 4.78 is 1.78. The van der Waals surface area contributed by atoms with Crippen LogP contribution < -0.4 is 10.6 Å². The summed E-state index contributed by atoms with van der Waals surface area (Å²) in [4.78, 5) is 12.5. The number of hydrogen-bond donors (Lipinski definition) is 2. The maximum Gasteiger partial charge on any atom is 0.324 e. The molecule has 0 saturated heterocycles. The molecule has 6 heteroatoms. The van der Waals surface area contributed by atoms with Crippen molar-refractivity contribution in [2.24, 2.45) is 0 Å². The summed E-state index contributed by atoms with van der Waals surface area (Å²) in [5.74, 6) is 1.12. The SMILES string of the molecule is O=C(Nc1ccccc1Cl)Nc1cc(C2CCC2)nn1-c1ccccc1. The molecule has 1 saturated carbocycles. The largest absolute Gasteiger partial charge is 0.324 e. The van der Waals surface area contributed by atoms with Crippen LogP contribution in [0.25, 0.3) is 5.69 Å². The lowest BCUT2D eigenvalue weighted by molar-refractivity contribution is 0.262. The minimum absolute atomic E-state index is 0.352. The van der Waals surface area contributed by atoms with E-state index in [2.05, 4.69) is 10.6 Å². The highest BCUT2D eigenvalue weighted by Gasteiger charge is 2.24. The second-order valence-electron chi connectivity index (χ2n) is 6.39. The fourth-order valence-electron chi connectivity index (χ4n) is 2.99. The zero-order valence-corrected chi connectivity index (χ0v) is 14.9. The first-order valence-electron chi connectivity index (χ1n) is 8.68. The molecule has 4 rings (SSSR count). The zero-order valence-electron chi connectivity index (χ0n) is 14.2. The summed E-state index contributed by atoms with van der Waals surface area (Å²) in [5, 5.41) is 10.9. The van der Waals surface area contributed by atoms with Gasteiger partial charge in [0.2, 0.25) is 0 Å². The lowest BCUT2D eigenvalue weighted by Gasteiger charge is -2.22. The van der Waals surface area contributed by atoms with Crippen molar-refractivity contribution in [2.45, 2.75) is 25.2 Å². The van der Waals surface area contributed by atoms with E-state index in [0.717, 1.165) is 24.2 Å². The number of nitrogens with zero attached hydrogens (tertiary/aromatic N) is 2. The van der Waals surface area contributed by atoms with Crippen molar-refractivity contribution in [2.75, 3.05) is 10.6 Å². The van der Waals surface area contributed by atoms with Crippen LogP contribution in [0.5, 0.6) is 0 Å². The molecule has 3 aromatic rings. The number of aromatic nitrogens is 2. The smallest absolute Gasteiger partial charge is 0.306 e. The molecule has 0 radical (unpaired) electrons. The minimum atomic E-state index is -0.352. The van der Waals surface area contributed by atoms with E-state index < -0.39 is 0 Å². The highest BCUT2D eigenvalue weighted by atomic mass is 35.5. The molecule has 0 unspecified atom stereocenters. The van der Waals surface area contributed by atoms with Gasteiger partial charge in [0.1, 0.15) is 5.82 Å². The maximum atomic E-state index is 12.5. The molecule has 2 aromatic carbocycles. The average molecular weight is 367 g/mol. The molecule has 1 aliphatic carbocycles. The zero-order chi connectivity index (χ0) is 17.9. The molecule has 26 heavy (non-hydrogen) atoms. The second kappa shape index (κ2) is 7.22. The fraction of sp³-hybridized carbons (Fsp3) is 0.200. The number of para-hydroxylation sites is 2. The lowest BCUT2D eigenvalue weighted by atomic mass is 9.83. The highest BCUT2D eigenvalue weighted by Crippen LogP contribution is 2.37. The highest BCUT2D eigenvalue weighted by molar-refractivity contribution is 6.33. The first kappa shape index (κ1) is 16.7. The predicted molar refractivity (Wildman–Crippen MR) is 104 cm³/mol. The summed E-state index contributed by atoms with van der Waals surface area (Å²) in [5.41, 5.74) is 2.50. The third-order valence-corrected chi connectivity index (χ3v) is 4.95. The topological polar surface area (TPSA) is 59.0 Å².